The Morgan fingerprint density at radius 3 is 2.84 bits per heavy atom. The maximum atomic E-state index is 14.0. The SMILES string of the molecule is CC1CCN(Cc2c(F)ccc(Br)c2F)C(CN)C1. The molecule has 2 rings (SSSR count). The van der Waals surface area contributed by atoms with Gasteiger partial charge in [-0.3, -0.25) is 4.90 Å². The van der Waals surface area contributed by atoms with Crippen LogP contribution in [0.15, 0.2) is 16.6 Å². The predicted octanol–water partition coefficient (Wildman–Crippen LogP) is 3.29. The molecule has 19 heavy (non-hydrogen) atoms. The van der Waals surface area contributed by atoms with E-state index in [1.807, 2.05) is 0 Å². The second kappa shape index (κ2) is 6.29. The standard InChI is InChI=1S/C14H19BrF2N2/c1-9-4-5-19(10(6-9)7-18)8-11-13(16)3-2-12(15)14(11)17/h2-3,9-10H,4-8,18H2,1H3. The van der Waals surface area contributed by atoms with Gasteiger partial charge >= 0.3 is 0 Å². The van der Waals surface area contributed by atoms with Gasteiger partial charge in [-0.2, -0.15) is 0 Å². The lowest BCUT2D eigenvalue weighted by Crippen LogP contribution is -2.45. The van der Waals surface area contributed by atoms with E-state index in [0.717, 1.165) is 19.4 Å². The molecule has 2 nitrogen and oxygen atoms in total. The summed E-state index contributed by atoms with van der Waals surface area (Å²) in [7, 11) is 0. The van der Waals surface area contributed by atoms with Crippen molar-refractivity contribution in [1.29, 1.82) is 0 Å². The summed E-state index contributed by atoms with van der Waals surface area (Å²) < 4.78 is 28.1. The Morgan fingerprint density at radius 1 is 1.42 bits per heavy atom. The van der Waals surface area contributed by atoms with Gasteiger partial charge in [0.15, 0.2) is 0 Å². The molecule has 1 heterocycles. The molecule has 1 fully saturated rings. The second-order valence-electron chi connectivity index (χ2n) is 5.31. The fourth-order valence-electron chi connectivity index (χ4n) is 2.67. The minimum atomic E-state index is -0.505. The van der Waals surface area contributed by atoms with Gasteiger partial charge < -0.3 is 5.73 Å². The van der Waals surface area contributed by atoms with E-state index in [1.54, 1.807) is 0 Å². The predicted molar refractivity (Wildman–Crippen MR) is 75.7 cm³/mol. The lowest BCUT2D eigenvalue weighted by atomic mass is 9.92. The molecule has 2 unspecified atom stereocenters. The third kappa shape index (κ3) is 3.33. The van der Waals surface area contributed by atoms with Crippen LogP contribution in [0.2, 0.25) is 0 Å². The molecule has 0 aliphatic carbocycles. The van der Waals surface area contributed by atoms with Gasteiger partial charge in [0.1, 0.15) is 11.6 Å². The highest BCUT2D eigenvalue weighted by molar-refractivity contribution is 9.10. The molecule has 0 amide bonds. The van der Waals surface area contributed by atoms with Gasteiger partial charge in [0.25, 0.3) is 0 Å². The average molecular weight is 333 g/mol. The molecule has 1 aromatic rings. The Labute approximate surface area is 121 Å². The third-order valence-electron chi connectivity index (χ3n) is 3.87. The Balaban J connectivity index is 2.18. The molecule has 0 bridgehead atoms. The molecular weight excluding hydrogens is 314 g/mol. The number of likely N-dealkylation sites (tertiary alicyclic amines) is 1. The molecule has 0 radical (unpaired) electrons. The van der Waals surface area contributed by atoms with Crippen LogP contribution in [0.1, 0.15) is 25.3 Å². The minimum absolute atomic E-state index is 0.127. The van der Waals surface area contributed by atoms with Crippen LogP contribution in [-0.4, -0.2) is 24.0 Å². The fourth-order valence-corrected chi connectivity index (χ4v) is 3.04. The highest BCUT2D eigenvalue weighted by atomic mass is 79.9. The summed E-state index contributed by atoms with van der Waals surface area (Å²) in [6.45, 7) is 3.85. The van der Waals surface area contributed by atoms with Crippen molar-refractivity contribution in [2.75, 3.05) is 13.1 Å². The number of hydrogen-bond donors (Lipinski definition) is 1. The van der Waals surface area contributed by atoms with E-state index in [2.05, 4.69) is 27.8 Å². The number of hydrogen-bond acceptors (Lipinski definition) is 2. The van der Waals surface area contributed by atoms with E-state index in [4.69, 9.17) is 5.73 Å². The molecular formula is C14H19BrF2N2. The number of piperidine rings is 1. The first-order valence-corrected chi connectivity index (χ1v) is 7.38. The van der Waals surface area contributed by atoms with Gasteiger partial charge in [-0.15, -0.1) is 0 Å². The first kappa shape index (κ1) is 14.9. The number of benzene rings is 1. The van der Waals surface area contributed by atoms with E-state index < -0.39 is 11.6 Å². The van der Waals surface area contributed by atoms with Crippen LogP contribution in [0.4, 0.5) is 8.78 Å². The van der Waals surface area contributed by atoms with Crippen molar-refractivity contribution in [2.24, 2.45) is 11.7 Å². The van der Waals surface area contributed by atoms with E-state index in [9.17, 15) is 8.78 Å². The van der Waals surface area contributed by atoms with Gasteiger partial charge in [0.2, 0.25) is 0 Å². The molecule has 1 aliphatic heterocycles. The molecule has 1 aromatic carbocycles. The third-order valence-corrected chi connectivity index (χ3v) is 4.48. The largest absolute Gasteiger partial charge is 0.329 e. The zero-order chi connectivity index (χ0) is 14.0. The van der Waals surface area contributed by atoms with E-state index >= 15 is 0 Å². The maximum Gasteiger partial charge on any atom is 0.144 e. The van der Waals surface area contributed by atoms with Crippen molar-refractivity contribution in [3.8, 4) is 0 Å². The molecule has 0 aromatic heterocycles. The van der Waals surface area contributed by atoms with E-state index in [0.29, 0.717) is 16.9 Å². The molecule has 0 spiro atoms. The van der Waals surface area contributed by atoms with Gasteiger partial charge in [-0.1, -0.05) is 6.92 Å². The lowest BCUT2D eigenvalue weighted by molar-refractivity contribution is 0.112. The minimum Gasteiger partial charge on any atom is -0.329 e. The highest BCUT2D eigenvalue weighted by Gasteiger charge is 2.27. The zero-order valence-corrected chi connectivity index (χ0v) is 12.6. The monoisotopic (exact) mass is 332 g/mol. The molecule has 1 aliphatic rings. The Morgan fingerprint density at radius 2 is 2.16 bits per heavy atom. The molecule has 2 atom stereocenters. The topological polar surface area (TPSA) is 29.3 Å². The van der Waals surface area contributed by atoms with Crippen LogP contribution in [0.5, 0.6) is 0 Å². The molecule has 2 N–H and O–H groups in total. The van der Waals surface area contributed by atoms with Crippen molar-refractivity contribution in [2.45, 2.75) is 32.4 Å². The zero-order valence-electron chi connectivity index (χ0n) is 11.0. The Hall–Kier alpha value is -0.520. The smallest absolute Gasteiger partial charge is 0.144 e. The molecule has 106 valence electrons. The number of halogens is 3. The van der Waals surface area contributed by atoms with Crippen molar-refractivity contribution in [3.63, 3.8) is 0 Å². The summed E-state index contributed by atoms with van der Waals surface area (Å²) in [5.74, 6) is -0.369. The van der Waals surface area contributed by atoms with E-state index in [-0.39, 0.29) is 18.2 Å². The fraction of sp³-hybridized carbons (Fsp3) is 0.571. The van der Waals surface area contributed by atoms with Crippen molar-refractivity contribution in [1.82, 2.24) is 4.90 Å². The van der Waals surface area contributed by atoms with Gasteiger partial charge in [0, 0.05) is 24.7 Å². The van der Waals surface area contributed by atoms with Crippen LogP contribution in [-0.2, 0) is 6.54 Å². The first-order valence-electron chi connectivity index (χ1n) is 6.59. The number of rotatable bonds is 3. The normalized spacial score (nSPS) is 24.7. The molecule has 0 saturated carbocycles. The summed E-state index contributed by atoms with van der Waals surface area (Å²) in [5, 5.41) is 0. The molecule has 5 heteroatoms. The summed E-state index contributed by atoms with van der Waals surface area (Å²) in [6, 6.07) is 2.90. The lowest BCUT2D eigenvalue weighted by Gasteiger charge is -2.38. The molecule has 1 saturated heterocycles. The van der Waals surface area contributed by atoms with Crippen molar-refractivity contribution >= 4 is 15.9 Å². The Bertz CT molecular complexity index is 453. The maximum absolute atomic E-state index is 14.0. The quantitative estimate of drug-likeness (QED) is 0.860. The van der Waals surface area contributed by atoms with Crippen LogP contribution in [0, 0.1) is 17.6 Å². The highest BCUT2D eigenvalue weighted by Crippen LogP contribution is 2.27. The summed E-state index contributed by atoms with van der Waals surface area (Å²) in [4.78, 5) is 2.09. The first-order chi connectivity index (χ1) is 9.02. The number of nitrogens with zero attached hydrogens (tertiary/aromatic N) is 1. The van der Waals surface area contributed by atoms with Crippen LogP contribution in [0.25, 0.3) is 0 Å². The van der Waals surface area contributed by atoms with Crippen LogP contribution >= 0.6 is 15.9 Å². The van der Waals surface area contributed by atoms with Gasteiger partial charge in [0.05, 0.1) is 4.47 Å². The average Bonchev–Trinajstić information content (AvgIpc) is 2.40. The van der Waals surface area contributed by atoms with Crippen molar-refractivity contribution < 1.29 is 8.78 Å². The summed E-state index contributed by atoms with van der Waals surface area (Å²) in [6.07, 6.45) is 2.04. The Kier molecular flexibility index (Phi) is 4.92. The second-order valence-corrected chi connectivity index (χ2v) is 6.17. The summed E-state index contributed by atoms with van der Waals surface area (Å²) in [5.41, 5.74) is 5.90. The van der Waals surface area contributed by atoms with E-state index in [1.165, 1.54) is 12.1 Å². The number of nitrogens with two attached hydrogens (primary N) is 1. The van der Waals surface area contributed by atoms with Crippen molar-refractivity contribution in [3.05, 3.63) is 33.8 Å². The van der Waals surface area contributed by atoms with Crippen LogP contribution < -0.4 is 5.73 Å². The van der Waals surface area contributed by atoms with Crippen LogP contribution in [0.3, 0.4) is 0 Å². The van der Waals surface area contributed by atoms with Gasteiger partial charge in [-0.05, 0) is 53.4 Å². The summed E-state index contributed by atoms with van der Waals surface area (Å²) >= 11 is 3.10. The van der Waals surface area contributed by atoms with Gasteiger partial charge in [-0.25, -0.2) is 8.78 Å².